The van der Waals surface area contributed by atoms with Crippen molar-refractivity contribution in [3.8, 4) is 16.8 Å². The predicted molar refractivity (Wildman–Crippen MR) is 246 cm³/mol. The van der Waals surface area contributed by atoms with E-state index in [1.54, 1.807) is 0 Å². The van der Waals surface area contributed by atoms with Gasteiger partial charge in [0.15, 0.2) is 0 Å². The van der Waals surface area contributed by atoms with Crippen LogP contribution >= 0.6 is 0 Å². The fourth-order valence-electron chi connectivity index (χ4n) is 9.09. The molecule has 0 amide bonds. The van der Waals surface area contributed by atoms with Gasteiger partial charge in [0, 0.05) is 50.2 Å². The van der Waals surface area contributed by atoms with Crippen LogP contribution in [0, 0.1) is 0 Å². The molecule has 1 aliphatic heterocycles. The molecule has 0 atom stereocenters. The molecule has 3 nitrogen and oxygen atoms in total. The molecule has 0 fully saturated rings. The zero-order chi connectivity index (χ0) is 39.6. The first-order valence-electron chi connectivity index (χ1n) is 20.4. The summed E-state index contributed by atoms with van der Waals surface area (Å²) in [4.78, 5) is 4.77. The zero-order valence-electron chi connectivity index (χ0n) is 33.8. The first-order valence-corrected chi connectivity index (χ1v) is 20.4. The summed E-state index contributed by atoms with van der Waals surface area (Å²) >= 11 is 0. The van der Waals surface area contributed by atoms with E-state index in [4.69, 9.17) is 0 Å². The Bertz CT molecular complexity index is 2860. The van der Waals surface area contributed by atoms with Crippen molar-refractivity contribution in [3.05, 3.63) is 211 Å². The van der Waals surface area contributed by atoms with Crippen molar-refractivity contribution in [1.82, 2.24) is 4.57 Å². The lowest BCUT2D eigenvalue weighted by molar-refractivity contribution is 0.579. The highest BCUT2D eigenvalue weighted by molar-refractivity contribution is 6.13. The smallest absolute Gasteiger partial charge is 0.0582 e. The molecule has 10 rings (SSSR count). The minimum Gasteiger partial charge on any atom is -0.310 e. The highest BCUT2D eigenvalue weighted by Gasteiger charge is 2.37. The molecule has 1 aliphatic rings. The maximum atomic E-state index is 2.53. The lowest BCUT2D eigenvalue weighted by Crippen LogP contribution is -2.27. The van der Waals surface area contributed by atoms with E-state index in [9.17, 15) is 0 Å². The van der Waals surface area contributed by atoms with Crippen LogP contribution in [0.3, 0.4) is 0 Å². The summed E-state index contributed by atoms with van der Waals surface area (Å²) in [5.41, 5.74) is 16.6. The summed E-state index contributed by atoms with van der Waals surface area (Å²) < 4.78 is 2.53. The topological polar surface area (TPSA) is 11.4 Å². The van der Waals surface area contributed by atoms with Crippen molar-refractivity contribution in [2.75, 3.05) is 9.80 Å². The van der Waals surface area contributed by atoms with Crippen molar-refractivity contribution in [1.29, 1.82) is 0 Å². The minimum absolute atomic E-state index is 0.0262. The largest absolute Gasteiger partial charge is 0.310 e. The van der Waals surface area contributed by atoms with E-state index in [1.165, 1.54) is 49.7 Å². The van der Waals surface area contributed by atoms with Gasteiger partial charge >= 0.3 is 0 Å². The van der Waals surface area contributed by atoms with Gasteiger partial charge in [0.1, 0.15) is 0 Å². The Balaban J connectivity index is 1.30. The van der Waals surface area contributed by atoms with Crippen LogP contribution in [-0.2, 0) is 10.8 Å². The fourth-order valence-corrected chi connectivity index (χ4v) is 9.09. The van der Waals surface area contributed by atoms with Crippen LogP contribution in [-0.4, -0.2) is 4.57 Å². The SMILES string of the molecule is CC(C)(C)c1ccc2c(c1)C(C)(C)c1cc(-c3cc(N(c4ccccc4)c4ccccc4)ccc3N(c3ccccc3)c3ccccc3)cc3c4ccccc4n-2c13. The Labute approximate surface area is 342 Å². The van der Waals surface area contributed by atoms with Crippen molar-refractivity contribution < 1.29 is 0 Å². The number of benzene rings is 8. The molecule has 3 heteroatoms. The van der Waals surface area contributed by atoms with Crippen LogP contribution in [0.25, 0.3) is 38.6 Å². The average Bonchev–Trinajstić information content (AvgIpc) is 3.59. The molecule has 9 aromatic rings. The Morgan fingerprint density at radius 2 is 0.983 bits per heavy atom. The molecule has 58 heavy (non-hydrogen) atoms. The number of hydrogen-bond donors (Lipinski definition) is 0. The molecule has 0 saturated carbocycles. The van der Waals surface area contributed by atoms with Gasteiger partial charge in [0.25, 0.3) is 0 Å². The third kappa shape index (κ3) is 5.80. The average molecular weight is 750 g/mol. The van der Waals surface area contributed by atoms with E-state index in [1.807, 2.05) is 0 Å². The Morgan fingerprint density at radius 3 is 1.55 bits per heavy atom. The van der Waals surface area contributed by atoms with E-state index in [-0.39, 0.29) is 10.8 Å². The van der Waals surface area contributed by atoms with E-state index in [0.717, 1.165) is 39.7 Å². The lowest BCUT2D eigenvalue weighted by atomic mass is 9.72. The fraction of sp³-hybridized carbons (Fsp3) is 0.127. The molecule has 8 aromatic carbocycles. The standard InChI is InChI=1S/C55H47N3/c1-54(2,3)39-30-32-52-48(36-39)55(4,5)49-35-38(34-47-45-28-18-19-29-50(45)58(52)53(47)49)46-37-44(56(40-20-10-6-11-21-40)41-22-12-7-13-23-41)31-33-51(46)57(42-24-14-8-15-25-42)43-26-16-9-17-27-43/h6-37H,1-5H3. The number of rotatable bonds is 7. The van der Waals surface area contributed by atoms with Crippen LogP contribution in [0.2, 0.25) is 0 Å². The Morgan fingerprint density at radius 1 is 0.448 bits per heavy atom. The lowest BCUT2D eigenvalue weighted by Gasteiger charge is -2.37. The second-order valence-electron chi connectivity index (χ2n) is 17.1. The molecule has 0 spiro atoms. The first-order chi connectivity index (χ1) is 28.2. The summed E-state index contributed by atoms with van der Waals surface area (Å²) in [6, 6.07) is 71.0. The third-order valence-electron chi connectivity index (χ3n) is 12.1. The second-order valence-corrected chi connectivity index (χ2v) is 17.1. The number of hydrogen-bond acceptors (Lipinski definition) is 2. The molecule has 282 valence electrons. The highest BCUT2D eigenvalue weighted by Crippen LogP contribution is 2.52. The normalized spacial score (nSPS) is 13.1. The molecule has 0 bridgehead atoms. The van der Waals surface area contributed by atoms with Gasteiger partial charge in [-0.25, -0.2) is 0 Å². The molecule has 0 aliphatic carbocycles. The Hall–Kier alpha value is -6.84. The van der Waals surface area contributed by atoms with Crippen molar-refractivity contribution in [2.24, 2.45) is 0 Å². The summed E-state index contributed by atoms with van der Waals surface area (Å²) in [5.74, 6) is 0. The maximum Gasteiger partial charge on any atom is 0.0582 e. The van der Waals surface area contributed by atoms with Gasteiger partial charge in [0.05, 0.1) is 22.4 Å². The summed E-state index contributed by atoms with van der Waals surface area (Å²) in [6.45, 7) is 11.8. The van der Waals surface area contributed by atoms with Crippen molar-refractivity contribution in [3.63, 3.8) is 0 Å². The van der Waals surface area contributed by atoms with Crippen LogP contribution in [0.15, 0.2) is 194 Å². The van der Waals surface area contributed by atoms with Gasteiger partial charge in [-0.3, -0.25) is 0 Å². The van der Waals surface area contributed by atoms with Gasteiger partial charge in [0.2, 0.25) is 0 Å². The Kier molecular flexibility index (Phi) is 8.38. The number of para-hydroxylation sites is 5. The molecule has 0 N–H and O–H groups in total. The van der Waals surface area contributed by atoms with Crippen LogP contribution in [0.5, 0.6) is 0 Å². The first kappa shape index (κ1) is 35.6. The second kappa shape index (κ2) is 13.7. The summed E-state index contributed by atoms with van der Waals surface area (Å²) in [7, 11) is 0. The number of anilines is 6. The van der Waals surface area contributed by atoms with E-state index in [0.29, 0.717) is 0 Å². The zero-order valence-corrected chi connectivity index (χ0v) is 33.8. The van der Waals surface area contributed by atoms with E-state index >= 15 is 0 Å². The third-order valence-corrected chi connectivity index (χ3v) is 12.1. The molecule has 0 unspecified atom stereocenters. The van der Waals surface area contributed by atoms with Gasteiger partial charge in [-0.15, -0.1) is 0 Å². The van der Waals surface area contributed by atoms with Crippen molar-refractivity contribution >= 4 is 55.9 Å². The molecule has 0 saturated heterocycles. The van der Waals surface area contributed by atoms with Crippen molar-refractivity contribution in [2.45, 2.75) is 45.4 Å². The quantitative estimate of drug-likeness (QED) is 0.161. The summed E-state index contributed by atoms with van der Waals surface area (Å²) in [6.07, 6.45) is 0. The maximum absolute atomic E-state index is 2.53. The number of aromatic nitrogens is 1. The van der Waals surface area contributed by atoms with Crippen LogP contribution in [0.4, 0.5) is 34.1 Å². The highest BCUT2D eigenvalue weighted by atomic mass is 15.2. The summed E-state index contributed by atoms with van der Waals surface area (Å²) in [5, 5.41) is 2.53. The number of nitrogens with zero attached hydrogens (tertiary/aromatic N) is 3. The predicted octanol–water partition coefficient (Wildman–Crippen LogP) is 15.3. The minimum atomic E-state index is -0.272. The van der Waals surface area contributed by atoms with Crippen LogP contribution in [0.1, 0.15) is 51.3 Å². The van der Waals surface area contributed by atoms with Crippen LogP contribution < -0.4 is 9.80 Å². The van der Waals surface area contributed by atoms with E-state index < -0.39 is 0 Å². The van der Waals surface area contributed by atoms with Gasteiger partial charge in [-0.2, -0.15) is 0 Å². The van der Waals surface area contributed by atoms with Gasteiger partial charge in [-0.1, -0.05) is 138 Å². The molecular weight excluding hydrogens is 703 g/mol. The molecule has 0 radical (unpaired) electrons. The number of fused-ring (bicyclic) bond motifs is 5. The molecule has 1 aromatic heterocycles. The molecular formula is C55H47N3. The van der Waals surface area contributed by atoms with Gasteiger partial charge < -0.3 is 14.4 Å². The monoisotopic (exact) mass is 749 g/mol. The van der Waals surface area contributed by atoms with E-state index in [2.05, 4.69) is 243 Å². The molecule has 2 heterocycles. The van der Waals surface area contributed by atoms with Gasteiger partial charge in [-0.05, 0) is 119 Å².